The molecule has 0 aliphatic heterocycles. The summed E-state index contributed by atoms with van der Waals surface area (Å²) in [5.41, 5.74) is 2.17. The maximum absolute atomic E-state index is 13.5. The van der Waals surface area contributed by atoms with Gasteiger partial charge < -0.3 is 9.47 Å². The first-order chi connectivity index (χ1) is 13.8. The third kappa shape index (κ3) is 4.83. The quantitative estimate of drug-likeness (QED) is 0.524. The fourth-order valence-electron chi connectivity index (χ4n) is 2.91. The highest BCUT2D eigenvalue weighted by Gasteiger charge is 2.26. The Morgan fingerprint density at radius 1 is 0.897 bits per heavy atom. The number of hydrogen-bond acceptors (Lipinski definition) is 4. The van der Waals surface area contributed by atoms with Crippen molar-refractivity contribution in [3.63, 3.8) is 0 Å². The lowest BCUT2D eigenvalue weighted by molar-refractivity contribution is 0.393. The molecule has 0 aliphatic rings. The zero-order chi connectivity index (χ0) is 21.0. The summed E-state index contributed by atoms with van der Waals surface area (Å²) in [6.07, 6.45) is 0. The maximum Gasteiger partial charge on any atom is 0.264 e. The van der Waals surface area contributed by atoms with Crippen LogP contribution in [0.2, 0.25) is 5.02 Å². The van der Waals surface area contributed by atoms with E-state index < -0.39 is 10.0 Å². The molecule has 0 radical (unpaired) electrons. The number of rotatable bonds is 7. The van der Waals surface area contributed by atoms with Crippen molar-refractivity contribution < 1.29 is 17.9 Å². The molecule has 0 N–H and O–H groups in total. The Hall–Kier alpha value is -2.70. The Kier molecular flexibility index (Phi) is 6.35. The Morgan fingerprint density at radius 2 is 1.52 bits per heavy atom. The highest BCUT2D eigenvalue weighted by molar-refractivity contribution is 7.92. The number of anilines is 1. The lowest BCUT2D eigenvalue weighted by Crippen LogP contribution is -2.30. The normalized spacial score (nSPS) is 11.2. The molecule has 0 heterocycles. The monoisotopic (exact) mass is 431 g/mol. The molecule has 0 spiro atoms. The largest absolute Gasteiger partial charge is 0.497 e. The van der Waals surface area contributed by atoms with Gasteiger partial charge in [0.1, 0.15) is 11.5 Å². The average Bonchev–Trinajstić information content (AvgIpc) is 2.71. The van der Waals surface area contributed by atoms with Crippen molar-refractivity contribution in [1.82, 2.24) is 0 Å². The van der Waals surface area contributed by atoms with Crippen LogP contribution in [0.5, 0.6) is 11.5 Å². The predicted molar refractivity (Wildman–Crippen MR) is 116 cm³/mol. The third-order valence-corrected chi connectivity index (χ3v) is 6.47. The molecular weight excluding hydrogens is 410 g/mol. The van der Waals surface area contributed by atoms with Gasteiger partial charge in [-0.2, -0.15) is 0 Å². The summed E-state index contributed by atoms with van der Waals surface area (Å²) in [5, 5.41) is 0.454. The molecule has 0 bridgehead atoms. The van der Waals surface area contributed by atoms with Gasteiger partial charge in [-0.05, 0) is 55.0 Å². The van der Waals surface area contributed by atoms with Crippen molar-refractivity contribution in [2.24, 2.45) is 0 Å². The van der Waals surface area contributed by atoms with Crippen LogP contribution in [0.15, 0.2) is 71.6 Å². The van der Waals surface area contributed by atoms with Crippen LogP contribution in [0.1, 0.15) is 11.1 Å². The van der Waals surface area contributed by atoms with Gasteiger partial charge >= 0.3 is 0 Å². The molecule has 0 fully saturated rings. The molecule has 3 rings (SSSR count). The second-order valence-electron chi connectivity index (χ2n) is 6.53. The summed E-state index contributed by atoms with van der Waals surface area (Å²) in [6, 6.07) is 18.8. The minimum Gasteiger partial charge on any atom is -0.497 e. The highest BCUT2D eigenvalue weighted by atomic mass is 35.5. The summed E-state index contributed by atoms with van der Waals surface area (Å²) in [5.74, 6) is 1.16. The van der Waals surface area contributed by atoms with E-state index in [1.165, 1.54) is 4.31 Å². The van der Waals surface area contributed by atoms with E-state index in [9.17, 15) is 8.42 Å². The zero-order valence-electron chi connectivity index (χ0n) is 16.4. The third-order valence-electron chi connectivity index (χ3n) is 4.44. The standard InChI is InChI=1S/C22H22ClNO4S/c1-16-7-9-22(10-8-16)29(25,26)24(19-6-4-5-18(23)13-19)15-17-11-20(27-2)14-21(12-17)28-3/h4-14H,15H2,1-3H3. The van der Waals surface area contributed by atoms with Gasteiger partial charge in [-0.15, -0.1) is 0 Å². The first-order valence-electron chi connectivity index (χ1n) is 8.90. The summed E-state index contributed by atoms with van der Waals surface area (Å²) in [7, 11) is -0.728. The topological polar surface area (TPSA) is 55.8 Å². The van der Waals surface area contributed by atoms with Crippen LogP contribution in [0.4, 0.5) is 5.69 Å². The molecule has 0 amide bonds. The van der Waals surface area contributed by atoms with Gasteiger partial charge in [-0.1, -0.05) is 35.4 Å². The summed E-state index contributed by atoms with van der Waals surface area (Å²) in [6.45, 7) is 2.00. The average molecular weight is 432 g/mol. The van der Waals surface area contributed by atoms with Crippen molar-refractivity contribution >= 4 is 27.3 Å². The zero-order valence-corrected chi connectivity index (χ0v) is 18.0. The second kappa shape index (κ2) is 8.76. The van der Waals surface area contributed by atoms with Gasteiger partial charge in [-0.25, -0.2) is 8.42 Å². The molecule has 0 unspecified atom stereocenters. The predicted octanol–water partition coefficient (Wildman–Crippen LogP) is 5.06. The number of nitrogens with zero attached hydrogens (tertiary/aromatic N) is 1. The Bertz CT molecular complexity index is 1080. The fourth-order valence-corrected chi connectivity index (χ4v) is 4.54. The number of methoxy groups -OCH3 is 2. The molecular formula is C22H22ClNO4S. The van der Waals surface area contributed by atoms with Gasteiger partial charge in [0.15, 0.2) is 0 Å². The lowest BCUT2D eigenvalue weighted by Gasteiger charge is -2.25. The van der Waals surface area contributed by atoms with Gasteiger partial charge in [0.2, 0.25) is 0 Å². The Balaban J connectivity index is 2.10. The summed E-state index contributed by atoms with van der Waals surface area (Å²) >= 11 is 6.14. The molecule has 0 saturated heterocycles. The van der Waals surface area contributed by atoms with Crippen LogP contribution in [-0.4, -0.2) is 22.6 Å². The van der Waals surface area contributed by atoms with E-state index in [1.807, 2.05) is 6.92 Å². The molecule has 29 heavy (non-hydrogen) atoms. The van der Waals surface area contributed by atoms with Gasteiger partial charge in [0.05, 0.1) is 31.3 Å². The van der Waals surface area contributed by atoms with E-state index in [0.717, 1.165) is 11.1 Å². The number of halogens is 1. The van der Waals surface area contributed by atoms with Crippen molar-refractivity contribution in [1.29, 1.82) is 0 Å². The smallest absolute Gasteiger partial charge is 0.264 e. The maximum atomic E-state index is 13.5. The van der Waals surface area contributed by atoms with Crippen LogP contribution >= 0.6 is 11.6 Å². The Labute approximate surface area is 176 Å². The van der Waals surface area contributed by atoms with Gasteiger partial charge in [0.25, 0.3) is 10.0 Å². The van der Waals surface area contributed by atoms with Gasteiger partial charge in [-0.3, -0.25) is 4.31 Å². The van der Waals surface area contributed by atoms with Crippen molar-refractivity contribution in [2.45, 2.75) is 18.4 Å². The molecule has 0 atom stereocenters. The van der Waals surface area contributed by atoms with E-state index >= 15 is 0 Å². The van der Waals surface area contributed by atoms with E-state index in [0.29, 0.717) is 22.2 Å². The number of ether oxygens (including phenoxy) is 2. The first-order valence-corrected chi connectivity index (χ1v) is 10.7. The molecule has 0 saturated carbocycles. The SMILES string of the molecule is COc1cc(CN(c2cccc(Cl)c2)S(=O)(=O)c2ccc(C)cc2)cc(OC)c1. The summed E-state index contributed by atoms with van der Waals surface area (Å²) < 4.78 is 38.9. The molecule has 3 aromatic rings. The molecule has 0 aliphatic carbocycles. The molecule has 152 valence electrons. The minimum absolute atomic E-state index is 0.0874. The van der Waals surface area contributed by atoms with Gasteiger partial charge in [0, 0.05) is 11.1 Å². The Morgan fingerprint density at radius 3 is 2.07 bits per heavy atom. The van der Waals surface area contributed by atoms with E-state index in [-0.39, 0.29) is 11.4 Å². The van der Waals surface area contributed by atoms with Crippen molar-refractivity contribution in [2.75, 3.05) is 18.5 Å². The van der Waals surface area contributed by atoms with Crippen LogP contribution < -0.4 is 13.8 Å². The number of benzene rings is 3. The second-order valence-corrected chi connectivity index (χ2v) is 8.82. The lowest BCUT2D eigenvalue weighted by atomic mass is 10.2. The van der Waals surface area contributed by atoms with Crippen LogP contribution in [-0.2, 0) is 16.6 Å². The van der Waals surface area contributed by atoms with E-state index in [2.05, 4.69) is 0 Å². The van der Waals surface area contributed by atoms with Crippen molar-refractivity contribution in [3.8, 4) is 11.5 Å². The first kappa shape index (κ1) is 21.0. The molecule has 3 aromatic carbocycles. The number of hydrogen-bond donors (Lipinski definition) is 0. The van der Waals surface area contributed by atoms with Crippen LogP contribution in [0.25, 0.3) is 0 Å². The number of aryl methyl sites for hydroxylation is 1. The number of sulfonamides is 1. The highest BCUT2D eigenvalue weighted by Crippen LogP contribution is 2.30. The summed E-state index contributed by atoms with van der Waals surface area (Å²) in [4.78, 5) is 0.206. The molecule has 7 heteroatoms. The van der Waals surface area contributed by atoms with E-state index in [1.54, 1.807) is 80.9 Å². The van der Waals surface area contributed by atoms with Crippen LogP contribution in [0.3, 0.4) is 0 Å². The van der Waals surface area contributed by atoms with Crippen molar-refractivity contribution in [3.05, 3.63) is 82.9 Å². The molecule has 0 aromatic heterocycles. The fraction of sp³-hybridized carbons (Fsp3) is 0.182. The van der Waals surface area contributed by atoms with Crippen LogP contribution in [0, 0.1) is 6.92 Å². The minimum atomic E-state index is -3.83. The van der Waals surface area contributed by atoms with E-state index in [4.69, 9.17) is 21.1 Å². The molecule has 5 nitrogen and oxygen atoms in total.